The van der Waals surface area contributed by atoms with Crippen molar-refractivity contribution in [3.8, 4) is 5.88 Å². The van der Waals surface area contributed by atoms with Gasteiger partial charge in [0.05, 0.1) is 0 Å². The Hall–Kier alpha value is -1.20. The minimum atomic E-state index is -4.50. The predicted molar refractivity (Wildman–Crippen MR) is 39.3 cm³/mol. The van der Waals surface area contributed by atoms with E-state index in [1.807, 2.05) is 0 Å². The molecule has 1 heterocycles. The lowest BCUT2D eigenvalue weighted by Crippen LogP contribution is -2.08. The van der Waals surface area contributed by atoms with Crippen LogP contribution in [0.25, 0.3) is 0 Å². The maximum absolute atomic E-state index is 12.2. The third kappa shape index (κ3) is 1.61. The lowest BCUT2D eigenvalue weighted by molar-refractivity contribution is -0.141. The second-order valence-electron chi connectivity index (χ2n) is 2.61. The van der Waals surface area contributed by atoms with E-state index in [2.05, 4.69) is 5.10 Å². The Morgan fingerprint density at radius 1 is 1.46 bits per heavy atom. The molecule has 1 aromatic rings. The van der Waals surface area contributed by atoms with E-state index in [0.29, 0.717) is 0 Å². The Bertz CT molecular complexity index is 316. The van der Waals surface area contributed by atoms with Crippen LogP contribution in [0.5, 0.6) is 5.88 Å². The van der Waals surface area contributed by atoms with Gasteiger partial charge < -0.3 is 5.11 Å². The van der Waals surface area contributed by atoms with Crippen molar-refractivity contribution in [1.29, 1.82) is 0 Å². The maximum Gasteiger partial charge on any atom is 0.435 e. The molecular weight excluding hydrogens is 185 g/mol. The van der Waals surface area contributed by atoms with Crippen LogP contribution < -0.4 is 0 Å². The van der Waals surface area contributed by atoms with E-state index in [-0.39, 0.29) is 12.1 Å². The van der Waals surface area contributed by atoms with Crippen LogP contribution in [0.2, 0.25) is 0 Å². The maximum atomic E-state index is 12.2. The van der Waals surface area contributed by atoms with E-state index in [0.717, 1.165) is 4.68 Å². The van der Waals surface area contributed by atoms with E-state index in [4.69, 9.17) is 0 Å². The van der Waals surface area contributed by atoms with Gasteiger partial charge >= 0.3 is 6.18 Å². The summed E-state index contributed by atoms with van der Waals surface area (Å²) in [5, 5.41) is 12.4. The van der Waals surface area contributed by atoms with Crippen LogP contribution in [0.1, 0.15) is 18.2 Å². The first kappa shape index (κ1) is 9.88. The third-order valence-electron chi connectivity index (χ3n) is 1.72. The number of hydrogen-bond acceptors (Lipinski definition) is 2. The molecule has 13 heavy (non-hydrogen) atoms. The van der Waals surface area contributed by atoms with E-state index in [1.165, 1.54) is 6.92 Å². The highest BCUT2D eigenvalue weighted by Gasteiger charge is 2.37. The number of alkyl halides is 3. The summed E-state index contributed by atoms with van der Waals surface area (Å²) < 4.78 is 37.5. The molecular formula is C7H9F3N2O. The van der Waals surface area contributed by atoms with Crippen LogP contribution in [0, 0.1) is 6.92 Å². The zero-order chi connectivity index (χ0) is 10.2. The zero-order valence-corrected chi connectivity index (χ0v) is 7.18. The molecule has 0 unspecified atom stereocenters. The Morgan fingerprint density at radius 2 is 2.00 bits per heavy atom. The molecule has 0 fully saturated rings. The first-order valence-electron chi connectivity index (χ1n) is 3.71. The summed E-state index contributed by atoms with van der Waals surface area (Å²) in [6, 6.07) is 0. The van der Waals surface area contributed by atoms with Gasteiger partial charge in [0, 0.05) is 12.1 Å². The third-order valence-corrected chi connectivity index (χ3v) is 1.72. The Kier molecular flexibility index (Phi) is 2.23. The average Bonchev–Trinajstić information content (AvgIpc) is 2.28. The molecule has 0 amide bonds. The van der Waals surface area contributed by atoms with Crippen molar-refractivity contribution in [2.45, 2.75) is 26.6 Å². The first-order chi connectivity index (χ1) is 5.88. The molecule has 3 nitrogen and oxygen atoms in total. The monoisotopic (exact) mass is 194 g/mol. The molecule has 1 aromatic heterocycles. The van der Waals surface area contributed by atoms with Crippen LogP contribution in [0.4, 0.5) is 13.2 Å². The summed E-state index contributed by atoms with van der Waals surface area (Å²) in [6.07, 6.45) is -4.50. The minimum Gasteiger partial charge on any atom is -0.493 e. The molecule has 0 bridgehead atoms. The van der Waals surface area contributed by atoms with Gasteiger partial charge in [-0.2, -0.15) is 18.3 Å². The second kappa shape index (κ2) is 2.93. The summed E-state index contributed by atoms with van der Waals surface area (Å²) in [5.41, 5.74) is -1.25. The van der Waals surface area contributed by atoms with Gasteiger partial charge in [-0.1, -0.05) is 0 Å². The number of hydrogen-bond donors (Lipinski definition) is 1. The van der Waals surface area contributed by atoms with E-state index >= 15 is 0 Å². The highest BCUT2D eigenvalue weighted by Crippen LogP contribution is 2.34. The summed E-state index contributed by atoms with van der Waals surface area (Å²) in [4.78, 5) is 0. The highest BCUT2D eigenvalue weighted by atomic mass is 19.4. The van der Waals surface area contributed by atoms with Gasteiger partial charge in [-0.3, -0.25) is 0 Å². The largest absolute Gasteiger partial charge is 0.493 e. The molecule has 0 aliphatic heterocycles. The molecule has 0 aromatic carbocycles. The molecule has 0 radical (unpaired) electrons. The average molecular weight is 194 g/mol. The standard InChI is InChI=1S/C7H9F3N2O/c1-3-12-6(13)4(2)5(11-12)7(8,9)10/h13H,3H2,1-2H3. The molecule has 1 N–H and O–H groups in total. The topological polar surface area (TPSA) is 38.0 Å². The fourth-order valence-electron chi connectivity index (χ4n) is 1.03. The SMILES string of the molecule is CCn1nc(C(F)(F)F)c(C)c1O. The Balaban J connectivity index is 3.25. The molecule has 1 rings (SSSR count). The summed E-state index contributed by atoms with van der Waals surface area (Å²) in [7, 11) is 0. The van der Waals surface area contributed by atoms with Gasteiger partial charge in [0.1, 0.15) is 0 Å². The molecule has 0 spiro atoms. The number of aryl methyl sites for hydroxylation is 1. The molecule has 0 saturated carbocycles. The van der Waals surface area contributed by atoms with Gasteiger partial charge in [0.2, 0.25) is 5.88 Å². The minimum absolute atomic E-state index is 0.211. The fraction of sp³-hybridized carbons (Fsp3) is 0.571. The quantitative estimate of drug-likeness (QED) is 0.741. The van der Waals surface area contributed by atoms with E-state index in [1.54, 1.807) is 6.92 Å². The van der Waals surface area contributed by atoms with Crippen molar-refractivity contribution >= 4 is 0 Å². The fourth-order valence-corrected chi connectivity index (χ4v) is 1.03. The van der Waals surface area contributed by atoms with Crippen molar-refractivity contribution in [3.63, 3.8) is 0 Å². The first-order valence-corrected chi connectivity index (χ1v) is 3.71. The predicted octanol–water partition coefficient (Wildman–Crippen LogP) is 1.94. The summed E-state index contributed by atoms with van der Waals surface area (Å²) in [6.45, 7) is 3.01. The Morgan fingerprint density at radius 3 is 2.23 bits per heavy atom. The number of aromatic nitrogens is 2. The van der Waals surface area contributed by atoms with Gasteiger partial charge in [-0.15, -0.1) is 0 Å². The summed E-state index contributed by atoms with van der Waals surface area (Å²) in [5.74, 6) is -0.421. The smallest absolute Gasteiger partial charge is 0.435 e. The molecule has 6 heteroatoms. The van der Waals surface area contributed by atoms with Crippen LogP contribution in [-0.4, -0.2) is 14.9 Å². The van der Waals surface area contributed by atoms with Crippen molar-refractivity contribution in [3.05, 3.63) is 11.3 Å². The Labute approximate surface area is 72.8 Å². The number of halogens is 3. The molecule has 0 aliphatic carbocycles. The van der Waals surface area contributed by atoms with Crippen molar-refractivity contribution in [2.75, 3.05) is 0 Å². The van der Waals surface area contributed by atoms with E-state index in [9.17, 15) is 18.3 Å². The van der Waals surface area contributed by atoms with Gasteiger partial charge in [-0.05, 0) is 13.8 Å². The zero-order valence-electron chi connectivity index (χ0n) is 7.18. The van der Waals surface area contributed by atoms with Gasteiger partial charge in [-0.25, -0.2) is 4.68 Å². The van der Waals surface area contributed by atoms with Crippen LogP contribution >= 0.6 is 0 Å². The second-order valence-corrected chi connectivity index (χ2v) is 2.61. The van der Waals surface area contributed by atoms with Crippen molar-refractivity contribution in [1.82, 2.24) is 9.78 Å². The number of nitrogens with zero attached hydrogens (tertiary/aromatic N) is 2. The van der Waals surface area contributed by atoms with Crippen molar-refractivity contribution < 1.29 is 18.3 Å². The van der Waals surface area contributed by atoms with Crippen molar-refractivity contribution in [2.24, 2.45) is 0 Å². The normalized spacial score (nSPS) is 12.1. The van der Waals surface area contributed by atoms with Crippen LogP contribution in [-0.2, 0) is 12.7 Å². The summed E-state index contributed by atoms with van der Waals surface area (Å²) >= 11 is 0. The van der Waals surface area contributed by atoms with Gasteiger partial charge in [0.15, 0.2) is 5.69 Å². The molecule has 74 valence electrons. The van der Waals surface area contributed by atoms with Crippen LogP contribution in [0.15, 0.2) is 0 Å². The highest BCUT2D eigenvalue weighted by molar-refractivity contribution is 5.30. The number of rotatable bonds is 1. The number of aromatic hydroxyl groups is 1. The lowest BCUT2D eigenvalue weighted by Gasteiger charge is -2.01. The molecule has 0 aliphatic rings. The van der Waals surface area contributed by atoms with Crippen LogP contribution in [0.3, 0.4) is 0 Å². The molecule has 0 atom stereocenters. The lowest BCUT2D eigenvalue weighted by atomic mass is 10.2. The van der Waals surface area contributed by atoms with Gasteiger partial charge in [0.25, 0.3) is 0 Å². The molecule has 0 saturated heterocycles. The van der Waals surface area contributed by atoms with E-state index < -0.39 is 17.8 Å².